The van der Waals surface area contributed by atoms with Crippen molar-refractivity contribution < 1.29 is 13.8 Å². The summed E-state index contributed by atoms with van der Waals surface area (Å²) >= 11 is 0. The van der Waals surface area contributed by atoms with Crippen molar-refractivity contribution >= 4 is 0 Å². The normalized spacial score (nSPS) is 26.1. The van der Waals surface area contributed by atoms with Crippen molar-refractivity contribution in [3.8, 4) is 11.6 Å². The molecule has 0 radical (unpaired) electrons. The standard InChI is InChI=1S/C14H20N4O3/c1-9-3-5-14(15,6-4-9)13-16-12(21-18-13)11-7-10(8-19-2)20-17-11/h7,9H,3-6,8,15H2,1-2H3. The third-order valence-electron chi connectivity index (χ3n) is 4.10. The van der Waals surface area contributed by atoms with Gasteiger partial charge in [-0.25, -0.2) is 0 Å². The molecule has 0 spiro atoms. The predicted molar refractivity (Wildman–Crippen MR) is 74.0 cm³/mol. The van der Waals surface area contributed by atoms with Crippen LogP contribution in [0.5, 0.6) is 0 Å². The Morgan fingerprint density at radius 3 is 2.81 bits per heavy atom. The van der Waals surface area contributed by atoms with Crippen LogP contribution in [0.15, 0.2) is 15.1 Å². The average Bonchev–Trinajstić information content (AvgIpc) is 3.11. The summed E-state index contributed by atoms with van der Waals surface area (Å²) in [7, 11) is 1.59. The molecular formula is C14H20N4O3. The third-order valence-corrected chi connectivity index (χ3v) is 4.10. The summed E-state index contributed by atoms with van der Waals surface area (Å²) in [4.78, 5) is 4.41. The summed E-state index contributed by atoms with van der Waals surface area (Å²) in [5.74, 6) is 2.21. The van der Waals surface area contributed by atoms with Crippen LogP contribution in [-0.2, 0) is 16.9 Å². The van der Waals surface area contributed by atoms with Gasteiger partial charge in [0.15, 0.2) is 17.3 Å². The Morgan fingerprint density at radius 1 is 1.33 bits per heavy atom. The Kier molecular flexibility index (Phi) is 3.77. The van der Waals surface area contributed by atoms with Crippen LogP contribution in [0.4, 0.5) is 0 Å². The highest BCUT2D eigenvalue weighted by molar-refractivity contribution is 5.45. The van der Waals surface area contributed by atoms with Gasteiger partial charge in [-0.1, -0.05) is 17.2 Å². The van der Waals surface area contributed by atoms with Crippen LogP contribution in [0.25, 0.3) is 11.6 Å². The molecule has 0 amide bonds. The van der Waals surface area contributed by atoms with Gasteiger partial charge in [0.2, 0.25) is 0 Å². The van der Waals surface area contributed by atoms with E-state index in [9.17, 15) is 0 Å². The van der Waals surface area contributed by atoms with Gasteiger partial charge < -0.3 is 19.5 Å². The second-order valence-electron chi connectivity index (χ2n) is 5.87. The number of nitrogens with zero attached hydrogens (tertiary/aromatic N) is 3. The van der Waals surface area contributed by atoms with Crippen molar-refractivity contribution in [2.24, 2.45) is 11.7 Å². The fourth-order valence-corrected chi connectivity index (χ4v) is 2.65. The summed E-state index contributed by atoms with van der Waals surface area (Å²) in [6.45, 7) is 2.60. The molecule has 7 nitrogen and oxygen atoms in total. The van der Waals surface area contributed by atoms with Crippen LogP contribution in [0.1, 0.15) is 44.2 Å². The molecule has 0 unspecified atom stereocenters. The van der Waals surface area contributed by atoms with Crippen LogP contribution in [0.2, 0.25) is 0 Å². The summed E-state index contributed by atoms with van der Waals surface area (Å²) in [6, 6.07) is 1.73. The van der Waals surface area contributed by atoms with Gasteiger partial charge in [-0.15, -0.1) is 0 Å². The van der Waals surface area contributed by atoms with Crippen LogP contribution < -0.4 is 5.73 Å². The molecule has 0 atom stereocenters. The zero-order valence-corrected chi connectivity index (χ0v) is 12.3. The molecule has 21 heavy (non-hydrogen) atoms. The minimum Gasteiger partial charge on any atom is -0.377 e. The van der Waals surface area contributed by atoms with E-state index < -0.39 is 5.54 Å². The van der Waals surface area contributed by atoms with Crippen molar-refractivity contribution in [3.63, 3.8) is 0 Å². The number of hydrogen-bond acceptors (Lipinski definition) is 7. The average molecular weight is 292 g/mol. The summed E-state index contributed by atoms with van der Waals surface area (Å²) in [5.41, 5.74) is 6.45. The number of methoxy groups -OCH3 is 1. The fourth-order valence-electron chi connectivity index (χ4n) is 2.65. The first-order valence-electron chi connectivity index (χ1n) is 7.19. The molecule has 1 aliphatic rings. The smallest absolute Gasteiger partial charge is 0.280 e. The van der Waals surface area contributed by atoms with Crippen LogP contribution in [-0.4, -0.2) is 22.4 Å². The highest BCUT2D eigenvalue weighted by Crippen LogP contribution is 2.36. The van der Waals surface area contributed by atoms with Crippen LogP contribution in [0.3, 0.4) is 0 Å². The number of aromatic nitrogens is 3. The molecule has 0 bridgehead atoms. The molecule has 0 saturated heterocycles. The molecule has 2 aromatic rings. The second-order valence-corrected chi connectivity index (χ2v) is 5.87. The Bertz CT molecular complexity index is 599. The van der Waals surface area contributed by atoms with E-state index in [2.05, 4.69) is 22.2 Å². The molecule has 0 aliphatic heterocycles. The Hall–Kier alpha value is -1.73. The van der Waals surface area contributed by atoms with E-state index in [4.69, 9.17) is 19.5 Å². The lowest BCUT2D eigenvalue weighted by atomic mass is 9.77. The van der Waals surface area contributed by atoms with Gasteiger partial charge in [0, 0.05) is 13.2 Å². The Balaban J connectivity index is 1.79. The quantitative estimate of drug-likeness (QED) is 0.922. The molecule has 114 valence electrons. The molecule has 1 saturated carbocycles. The number of rotatable bonds is 4. The molecule has 7 heteroatoms. The number of hydrogen-bond donors (Lipinski definition) is 1. The van der Waals surface area contributed by atoms with E-state index in [1.54, 1.807) is 13.2 Å². The van der Waals surface area contributed by atoms with Gasteiger partial charge >= 0.3 is 0 Å². The summed E-state index contributed by atoms with van der Waals surface area (Å²) in [5, 5.41) is 7.95. The van der Waals surface area contributed by atoms with Gasteiger partial charge in [0.05, 0.1) is 5.54 Å². The predicted octanol–water partition coefficient (Wildman–Crippen LogP) is 2.24. The minimum atomic E-state index is -0.493. The molecule has 1 aliphatic carbocycles. The van der Waals surface area contributed by atoms with Gasteiger partial charge in [-0.2, -0.15) is 4.98 Å². The third kappa shape index (κ3) is 2.84. The van der Waals surface area contributed by atoms with Gasteiger partial charge in [0.1, 0.15) is 6.61 Å². The van der Waals surface area contributed by atoms with Crippen LogP contribution in [0, 0.1) is 5.92 Å². The monoisotopic (exact) mass is 292 g/mol. The maximum Gasteiger partial charge on any atom is 0.280 e. The van der Waals surface area contributed by atoms with E-state index in [1.165, 1.54) is 0 Å². The van der Waals surface area contributed by atoms with Crippen molar-refractivity contribution in [3.05, 3.63) is 17.7 Å². The second kappa shape index (κ2) is 5.57. The fraction of sp³-hybridized carbons (Fsp3) is 0.643. The van der Waals surface area contributed by atoms with Gasteiger partial charge in [-0.3, -0.25) is 0 Å². The van der Waals surface area contributed by atoms with E-state index >= 15 is 0 Å². The maximum absolute atomic E-state index is 6.44. The zero-order valence-electron chi connectivity index (χ0n) is 12.3. The lowest BCUT2D eigenvalue weighted by Crippen LogP contribution is -2.41. The highest BCUT2D eigenvalue weighted by Gasteiger charge is 2.36. The molecule has 0 aromatic carbocycles. The number of ether oxygens (including phenoxy) is 1. The highest BCUT2D eigenvalue weighted by atomic mass is 16.5. The molecule has 3 rings (SSSR count). The first-order chi connectivity index (χ1) is 10.1. The van der Waals surface area contributed by atoms with Gasteiger partial charge in [-0.05, 0) is 31.6 Å². The molecule has 2 N–H and O–H groups in total. The first kappa shape index (κ1) is 14.2. The summed E-state index contributed by atoms with van der Waals surface area (Å²) < 4.78 is 15.4. The Labute approximate surface area is 122 Å². The van der Waals surface area contributed by atoms with Crippen LogP contribution >= 0.6 is 0 Å². The van der Waals surface area contributed by atoms with E-state index in [0.29, 0.717) is 35.7 Å². The largest absolute Gasteiger partial charge is 0.377 e. The van der Waals surface area contributed by atoms with Gasteiger partial charge in [0.25, 0.3) is 5.89 Å². The zero-order chi connectivity index (χ0) is 14.9. The van der Waals surface area contributed by atoms with Crippen molar-refractivity contribution in [2.45, 2.75) is 44.8 Å². The van der Waals surface area contributed by atoms with E-state index in [1.807, 2.05) is 0 Å². The Morgan fingerprint density at radius 2 is 2.10 bits per heavy atom. The molecule has 1 fully saturated rings. The van der Waals surface area contributed by atoms with Crippen molar-refractivity contribution in [1.82, 2.24) is 15.3 Å². The van der Waals surface area contributed by atoms with Crippen molar-refractivity contribution in [2.75, 3.05) is 7.11 Å². The first-order valence-corrected chi connectivity index (χ1v) is 7.19. The maximum atomic E-state index is 6.44. The lowest BCUT2D eigenvalue weighted by molar-refractivity contribution is 0.156. The SMILES string of the molecule is COCc1cc(-c2nc(C3(N)CCC(C)CC3)no2)no1. The minimum absolute atomic E-state index is 0.333. The summed E-state index contributed by atoms with van der Waals surface area (Å²) in [6.07, 6.45) is 3.92. The van der Waals surface area contributed by atoms with E-state index in [0.717, 1.165) is 25.7 Å². The van der Waals surface area contributed by atoms with Crippen molar-refractivity contribution in [1.29, 1.82) is 0 Å². The topological polar surface area (TPSA) is 100 Å². The van der Waals surface area contributed by atoms with E-state index in [-0.39, 0.29) is 0 Å². The molecular weight excluding hydrogens is 272 g/mol. The lowest BCUT2D eigenvalue weighted by Gasteiger charge is -2.33. The molecule has 2 heterocycles. The number of nitrogens with two attached hydrogens (primary N) is 1. The molecule has 2 aromatic heterocycles.